The summed E-state index contributed by atoms with van der Waals surface area (Å²) in [7, 11) is 0. The van der Waals surface area contributed by atoms with Gasteiger partial charge in [0.1, 0.15) is 12.1 Å². The number of imidazole rings is 1. The summed E-state index contributed by atoms with van der Waals surface area (Å²) in [5.74, 6) is 0. The third kappa shape index (κ3) is 2.05. The lowest BCUT2D eigenvalue weighted by atomic mass is 10.4. The third-order valence-electron chi connectivity index (χ3n) is 2.17. The van der Waals surface area contributed by atoms with Crippen LogP contribution in [0.1, 0.15) is 5.69 Å². The second kappa shape index (κ2) is 4.17. The molecule has 0 aromatic carbocycles. The number of hydrogen-bond donors (Lipinski definition) is 1. The number of H-pyrrole nitrogens is 1. The molecule has 0 aliphatic heterocycles. The summed E-state index contributed by atoms with van der Waals surface area (Å²) < 4.78 is 5.42. The second-order valence-corrected chi connectivity index (χ2v) is 3.35. The van der Waals surface area contributed by atoms with Crippen molar-refractivity contribution < 1.29 is 4.74 Å². The first-order chi connectivity index (χ1) is 8.42. The summed E-state index contributed by atoms with van der Waals surface area (Å²) in [5.41, 5.74) is 2.09. The van der Waals surface area contributed by atoms with Crippen molar-refractivity contribution in [2.24, 2.45) is 0 Å². The van der Waals surface area contributed by atoms with Gasteiger partial charge in [0.05, 0.1) is 11.9 Å². The quantitative estimate of drug-likeness (QED) is 0.724. The van der Waals surface area contributed by atoms with Crippen molar-refractivity contribution in [1.29, 1.82) is 0 Å². The van der Waals surface area contributed by atoms with Gasteiger partial charge in [0, 0.05) is 6.20 Å². The Balaban J connectivity index is 1.76. The van der Waals surface area contributed by atoms with E-state index in [0.29, 0.717) is 12.3 Å². The van der Waals surface area contributed by atoms with Gasteiger partial charge in [-0.1, -0.05) is 6.07 Å². The molecule has 1 radical (unpaired) electrons. The predicted molar refractivity (Wildman–Crippen MR) is 59.1 cm³/mol. The maximum Gasteiger partial charge on any atom is 0.318 e. The summed E-state index contributed by atoms with van der Waals surface area (Å²) >= 11 is 0. The van der Waals surface area contributed by atoms with Crippen LogP contribution in [-0.2, 0) is 6.61 Å². The number of aromatic nitrogens is 5. The fourth-order valence-electron chi connectivity index (χ4n) is 1.36. The second-order valence-electron chi connectivity index (χ2n) is 3.35. The van der Waals surface area contributed by atoms with Crippen LogP contribution in [0.4, 0.5) is 0 Å². The van der Waals surface area contributed by atoms with Gasteiger partial charge in [-0.2, -0.15) is 4.98 Å². The topological polar surface area (TPSA) is 76.6 Å². The summed E-state index contributed by atoms with van der Waals surface area (Å²) in [4.78, 5) is 19.0. The summed E-state index contributed by atoms with van der Waals surface area (Å²) in [6, 6.07) is 5.91. The zero-order valence-corrected chi connectivity index (χ0v) is 8.79. The van der Waals surface area contributed by atoms with E-state index in [0.717, 1.165) is 11.2 Å². The molecule has 0 saturated heterocycles. The van der Waals surface area contributed by atoms with Crippen LogP contribution in [0.25, 0.3) is 11.2 Å². The SMILES string of the molecule is [c]1nc2nc(OCc3ccccn3)ncc2[nH]1. The molecule has 17 heavy (non-hydrogen) atoms. The van der Waals surface area contributed by atoms with Crippen LogP contribution in [0.5, 0.6) is 6.01 Å². The van der Waals surface area contributed by atoms with Crippen LogP contribution in [0.3, 0.4) is 0 Å². The highest BCUT2D eigenvalue weighted by molar-refractivity contribution is 5.68. The smallest absolute Gasteiger partial charge is 0.318 e. The molecular weight excluding hydrogens is 218 g/mol. The van der Waals surface area contributed by atoms with E-state index in [4.69, 9.17) is 4.74 Å². The van der Waals surface area contributed by atoms with Gasteiger partial charge >= 0.3 is 6.01 Å². The molecule has 83 valence electrons. The molecule has 3 aromatic rings. The summed E-state index contributed by atoms with van der Waals surface area (Å²) in [5, 5.41) is 0. The number of nitrogens with one attached hydrogen (secondary N) is 1. The molecule has 0 fully saturated rings. The van der Waals surface area contributed by atoms with Crippen LogP contribution in [-0.4, -0.2) is 24.9 Å². The number of ether oxygens (including phenoxy) is 1. The number of hydrogen-bond acceptors (Lipinski definition) is 5. The Morgan fingerprint density at radius 1 is 1.29 bits per heavy atom. The zero-order chi connectivity index (χ0) is 11.5. The minimum Gasteiger partial charge on any atom is -0.457 e. The standard InChI is InChI=1S/C11H8N5O/c1-2-4-12-8(3-1)6-17-11-13-5-9-10(16-11)15-7-14-9/h1-5H,6H2,(H,13,14,15,16). The van der Waals surface area contributed by atoms with Gasteiger partial charge in [0.25, 0.3) is 0 Å². The van der Waals surface area contributed by atoms with Crippen molar-refractivity contribution in [3.8, 4) is 6.01 Å². The van der Waals surface area contributed by atoms with Crippen LogP contribution in [0, 0.1) is 6.33 Å². The zero-order valence-electron chi connectivity index (χ0n) is 8.79. The first-order valence-electron chi connectivity index (χ1n) is 5.03. The Morgan fingerprint density at radius 3 is 3.18 bits per heavy atom. The Bertz CT molecular complexity index is 622. The highest BCUT2D eigenvalue weighted by atomic mass is 16.5. The highest BCUT2D eigenvalue weighted by Gasteiger charge is 2.03. The molecule has 3 rings (SSSR count). The van der Waals surface area contributed by atoms with E-state index in [1.54, 1.807) is 12.4 Å². The molecule has 0 amide bonds. The van der Waals surface area contributed by atoms with E-state index in [1.807, 2.05) is 18.2 Å². The molecule has 0 saturated carbocycles. The minimum absolute atomic E-state index is 0.281. The maximum absolute atomic E-state index is 5.42. The van der Waals surface area contributed by atoms with Crippen molar-refractivity contribution in [1.82, 2.24) is 24.9 Å². The van der Waals surface area contributed by atoms with Gasteiger partial charge in [-0.25, -0.2) is 9.97 Å². The van der Waals surface area contributed by atoms with Gasteiger partial charge in [-0.3, -0.25) is 4.98 Å². The predicted octanol–water partition coefficient (Wildman–Crippen LogP) is 1.13. The van der Waals surface area contributed by atoms with E-state index in [2.05, 4.69) is 31.2 Å². The van der Waals surface area contributed by atoms with Gasteiger partial charge < -0.3 is 9.72 Å². The summed E-state index contributed by atoms with van der Waals surface area (Å²) in [6.45, 7) is 0.334. The third-order valence-corrected chi connectivity index (χ3v) is 2.17. The van der Waals surface area contributed by atoms with Crippen molar-refractivity contribution in [2.45, 2.75) is 6.61 Å². The Hall–Kier alpha value is -2.50. The highest BCUT2D eigenvalue weighted by Crippen LogP contribution is 2.09. The van der Waals surface area contributed by atoms with Crippen LogP contribution >= 0.6 is 0 Å². The molecule has 1 N–H and O–H groups in total. The van der Waals surface area contributed by atoms with Gasteiger partial charge in [0.15, 0.2) is 12.0 Å². The fourth-order valence-corrected chi connectivity index (χ4v) is 1.36. The molecule has 0 unspecified atom stereocenters. The fraction of sp³-hybridized carbons (Fsp3) is 0.0909. The van der Waals surface area contributed by atoms with Crippen LogP contribution in [0.2, 0.25) is 0 Å². The van der Waals surface area contributed by atoms with Crippen molar-refractivity contribution in [3.63, 3.8) is 0 Å². The van der Waals surface area contributed by atoms with E-state index in [1.165, 1.54) is 0 Å². The molecular formula is C11H8N5O. The van der Waals surface area contributed by atoms with Crippen LogP contribution in [0.15, 0.2) is 30.6 Å². The first kappa shape index (κ1) is 9.71. The Labute approximate surface area is 96.7 Å². The number of fused-ring (bicyclic) bond motifs is 1. The Kier molecular flexibility index (Phi) is 2.38. The number of pyridine rings is 1. The molecule has 0 aliphatic carbocycles. The number of aromatic amines is 1. The van der Waals surface area contributed by atoms with Gasteiger partial charge in [-0.05, 0) is 12.1 Å². The molecule has 0 spiro atoms. The first-order valence-corrected chi connectivity index (χ1v) is 5.03. The molecule has 0 bridgehead atoms. The van der Waals surface area contributed by atoms with Crippen LogP contribution < -0.4 is 4.74 Å². The lowest BCUT2D eigenvalue weighted by molar-refractivity contribution is 0.277. The van der Waals surface area contributed by atoms with E-state index in [9.17, 15) is 0 Å². The molecule has 6 heteroatoms. The molecule has 0 aliphatic rings. The largest absolute Gasteiger partial charge is 0.457 e. The Morgan fingerprint density at radius 2 is 2.29 bits per heavy atom. The lowest BCUT2D eigenvalue weighted by Crippen LogP contribution is -2.00. The average molecular weight is 226 g/mol. The molecule has 3 heterocycles. The molecule has 3 aromatic heterocycles. The van der Waals surface area contributed by atoms with Crippen molar-refractivity contribution in [2.75, 3.05) is 0 Å². The normalized spacial score (nSPS) is 10.6. The maximum atomic E-state index is 5.42. The average Bonchev–Trinajstić information content (AvgIpc) is 2.85. The van der Waals surface area contributed by atoms with Crippen molar-refractivity contribution in [3.05, 3.63) is 42.6 Å². The van der Waals surface area contributed by atoms with E-state index < -0.39 is 0 Å². The van der Waals surface area contributed by atoms with E-state index in [-0.39, 0.29) is 6.01 Å². The van der Waals surface area contributed by atoms with Crippen molar-refractivity contribution >= 4 is 11.2 Å². The lowest BCUT2D eigenvalue weighted by Gasteiger charge is -2.02. The number of rotatable bonds is 3. The number of nitrogens with zero attached hydrogens (tertiary/aromatic N) is 4. The summed E-state index contributed by atoms with van der Waals surface area (Å²) in [6.07, 6.45) is 5.92. The minimum atomic E-state index is 0.281. The van der Waals surface area contributed by atoms with E-state index >= 15 is 0 Å². The van der Waals surface area contributed by atoms with Gasteiger partial charge in [-0.15, -0.1) is 0 Å². The molecule has 6 nitrogen and oxygen atoms in total. The van der Waals surface area contributed by atoms with Gasteiger partial charge in [0.2, 0.25) is 0 Å². The monoisotopic (exact) mass is 226 g/mol. The molecule has 0 atom stereocenters.